The molecule has 0 aromatic heterocycles. The fourth-order valence-corrected chi connectivity index (χ4v) is 1.88. The van der Waals surface area contributed by atoms with Gasteiger partial charge in [-0.2, -0.15) is 11.8 Å². The zero-order valence-electron chi connectivity index (χ0n) is 11.2. The summed E-state index contributed by atoms with van der Waals surface area (Å²) in [6.45, 7) is -0.398. The lowest BCUT2D eigenvalue weighted by Crippen LogP contribution is -2.36. The molecule has 0 fully saturated rings. The monoisotopic (exact) mass is 298 g/mol. The molecule has 0 spiro atoms. The van der Waals surface area contributed by atoms with E-state index in [1.54, 1.807) is 36.0 Å². The second kappa shape index (κ2) is 8.44. The van der Waals surface area contributed by atoms with Gasteiger partial charge < -0.3 is 20.9 Å². The van der Waals surface area contributed by atoms with E-state index < -0.39 is 18.6 Å². The van der Waals surface area contributed by atoms with Gasteiger partial charge in [-0.15, -0.1) is 0 Å². The first kappa shape index (κ1) is 16.3. The predicted molar refractivity (Wildman–Crippen MR) is 79.2 cm³/mol. The van der Waals surface area contributed by atoms with Crippen molar-refractivity contribution in [3.63, 3.8) is 0 Å². The van der Waals surface area contributed by atoms with Crippen LogP contribution < -0.4 is 15.8 Å². The van der Waals surface area contributed by atoms with Crippen molar-refractivity contribution in [3.05, 3.63) is 24.3 Å². The number of hydrogen-bond acceptors (Lipinski definition) is 5. The SMILES string of the molecule is CSCC[C@@H](N)C(=O)Nc1ccc(OCC(=O)O)cc1. The second-order valence-corrected chi connectivity index (χ2v) is 5.07. The summed E-state index contributed by atoms with van der Waals surface area (Å²) in [5, 5.41) is 11.2. The molecule has 1 aromatic carbocycles. The number of hydrogen-bond donors (Lipinski definition) is 3. The van der Waals surface area contributed by atoms with Gasteiger partial charge in [0.25, 0.3) is 0 Å². The zero-order valence-corrected chi connectivity index (χ0v) is 12.0. The predicted octanol–water partition coefficient (Wildman–Crippen LogP) is 1.17. The Balaban J connectivity index is 2.48. The zero-order chi connectivity index (χ0) is 15.0. The fraction of sp³-hybridized carbons (Fsp3) is 0.385. The Morgan fingerprint density at radius 2 is 2.05 bits per heavy atom. The van der Waals surface area contributed by atoms with Crippen LogP contribution in [0.5, 0.6) is 5.75 Å². The van der Waals surface area contributed by atoms with Crippen LogP contribution in [0.3, 0.4) is 0 Å². The van der Waals surface area contributed by atoms with E-state index in [-0.39, 0.29) is 5.91 Å². The molecule has 110 valence electrons. The Morgan fingerprint density at radius 1 is 1.40 bits per heavy atom. The molecule has 6 nitrogen and oxygen atoms in total. The van der Waals surface area contributed by atoms with Crippen LogP contribution >= 0.6 is 11.8 Å². The smallest absolute Gasteiger partial charge is 0.341 e. The highest BCUT2D eigenvalue weighted by Crippen LogP contribution is 2.16. The summed E-state index contributed by atoms with van der Waals surface area (Å²) in [5.74, 6) is -0.0196. The average Bonchev–Trinajstić information content (AvgIpc) is 2.43. The Bertz CT molecular complexity index is 450. The summed E-state index contributed by atoms with van der Waals surface area (Å²) in [5.41, 5.74) is 6.34. The number of nitrogens with one attached hydrogen (secondary N) is 1. The molecule has 1 amide bonds. The molecule has 0 bridgehead atoms. The van der Waals surface area contributed by atoms with Crippen LogP contribution in [0.15, 0.2) is 24.3 Å². The molecule has 4 N–H and O–H groups in total. The Labute approximate surface area is 121 Å². The van der Waals surface area contributed by atoms with E-state index >= 15 is 0 Å². The number of carboxylic acid groups (broad SMARTS) is 1. The van der Waals surface area contributed by atoms with Crippen molar-refractivity contribution in [2.45, 2.75) is 12.5 Å². The molecule has 0 radical (unpaired) electrons. The normalized spacial score (nSPS) is 11.7. The molecule has 20 heavy (non-hydrogen) atoms. The number of carbonyl (C=O) groups excluding carboxylic acids is 1. The Kier molecular flexibility index (Phi) is 6.89. The fourth-order valence-electron chi connectivity index (χ4n) is 1.39. The van der Waals surface area contributed by atoms with Gasteiger partial charge in [0.05, 0.1) is 6.04 Å². The first-order chi connectivity index (χ1) is 9.52. The van der Waals surface area contributed by atoms with Gasteiger partial charge in [0.2, 0.25) is 5.91 Å². The minimum atomic E-state index is -1.04. The first-order valence-corrected chi connectivity index (χ1v) is 7.42. The van der Waals surface area contributed by atoms with E-state index in [9.17, 15) is 9.59 Å². The van der Waals surface area contributed by atoms with Crippen molar-refractivity contribution in [2.24, 2.45) is 5.73 Å². The molecule has 0 unspecified atom stereocenters. The lowest BCUT2D eigenvalue weighted by molar-refractivity contribution is -0.139. The molecule has 7 heteroatoms. The molecule has 1 rings (SSSR count). The van der Waals surface area contributed by atoms with Crippen molar-refractivity contribution in [2.75, 3.05) is 23.9 Å². The number of carboxylic acids is 1. The van der Waals surface area contributed by atoms with Crippen LogP contribution in [0.25, 0.3) is 0 Å². The first-order valence-electron chi connectivity index (χ1n) is 6.03. The Morgan fingerprint density at radius 3 is 2.60 bits per heavy atom. The molecule has 1 atom stereocenters. The van der Waals surface area contributed by atoms with Gasteiger partial charge in [-0.05, 0) is 42.7 Å². The topological polar surface area (TPSA) is 102 Å². The Hall–Kier alpha value is -1.73. The summed E-state index contributed by atoms with van der Waals surface area (Å²) in [6, 6.07) is 5.91. The maximum atomic E-state index is 11.8. The van der Waals surface area contributed by atoms with E-state index in [0.29, 0.717) is 17.9 Å². The highest BCUT2D eigenvalue weighted by atomic mass is 32.2. The van der Waals surface area contributed by atoms with Crippen LogP contribution in [-0.2, 0) is 9.59 Å². The molecule has 0 heterocycles. The molecule has 0 saturated carbocycles. The second-order valence-electron chi connectivity index (χ2n) is 4.08. The third-order valence-corrected chi connectivity index (χ3v) is 3.10. The molecule has 0 saturated heterocycles. The van der Waals surface area contributed by atoms with Crippen LogP contribution in [0.2, 0.25) is 0 Å². The minimum absolute atomic E-state index is 0.238. The number of amides is 1. The molecular weight excluding hydrogens is 280 g/mol. The van der Waals surface area contributed by atoms with E-state index in [0.717, 1.165) is 5.75 Å². The number of benzene rings is 1. The van der Waals surface area contributed by atoms with E-state index in [2.05, 4.69) is 5.32 Å². The van der Waals surface area contributed by atoms with Gasteiger partial charge in [0, 0.05) is 5.69 Å². The molecule has 0 aliphatic heterocycles. The van der Waals surface area contributed by atoms with Crippen molar-refractivity contribution < 1.29 is 19.4 Å². The van der Waals surface area contributed by atoms with E-state index in [4.69, 9.17) is 15.6 Å². The summed E-state index contributed by atoms with van der Waals surface area (Å²) in [7, 11) is 0. The number of rotatable bonds is 8. The maximum absolute atomic E-state index is 11.8. The van der Waals surface area contributed by atoms with Crippen molar-refractivity contribution in [1.29, 1.82) is 0 Å². The number of nitrogens with two attached hydrogens (primary N) is 1. The molecular formula is C13H18N2O4S. The highest BCUT2D eigenvalue weighted by Gasteiger charge is 2.12. The van der Waals surface area contributed by atoms with Gasteiger partial charge in [0.15, 0.2) is 6.61 Å². The molecule has 0 aliphatic carbocycles. The van der Waals surface area contributed by atoms with Gasteiger partial charge in [-0.3, -0.25) is 4.79 Å². The molecule has 0 aliphatic rings. The summed E-state index contributed by atoms with van der Waals surface area (Å²) >= 11 is 1.64. The van der Waals surface area contributed by atoms with Gasteiger partial charge in [0.1, 0.15) is 5.75 Å². The summed E-state index contributed by atoms with van der Waals surface area (Å²) in [4.78, 5) is 22.1. The van der Waals surface area contributed by atoms with Crippen LogP contribution in [-0.4, -0.2) is 41.6 Å². The van der Waals surface area contributed by atoms with Gasteiger partial charge in [-0.25, -0.2) is 4.79 Å². The van der Waals surface area contributed by atoms with E-state index in [1.165, 1.54) is 0 Å². The maximum Gasteiger partial charge on any atom is 0.341 e. The summed E-state index contributed by atoms with van der Waals surface area (Å²) < 4.78 is 4.99. The third kappa shape index (κ3) is 5.94. The number of carbonyl (C=O) groups is 2. The van der Waals surface area contributed by atoms with Crippen LogP contribution in [0.1, 0.15) is 6.42 Å². The lowest BCUT2D eigenvalue weighted by Gasteiger charge is -2.12. The quantitative estimate of drug-likeness (QED) is 0.666. The average molecular weight is 298 g/mol. The largest absolute Gasteiger partial charge is 0.482 e. The van der Waals surface area contributed by atoms with Crippen molar-refractivity contribution in [1.82, 2.24) is 0 Å². The third-order valence-electron chi connectivity index (χ3n) is 2.45. The summed E-state index contributed by atoms with van der Waals surface area (Å²) in [6.07, 6.45) is 2.58. The number of aliphatic carboxylic acids is 1. The number of anilines is 1. The van der Waals surface area contributed by atoms with Gasteiger partial charge in [-0.1, -0.05) is 0 Å². The standard InChI is InChI=1S/C13H18N2O4S/c1-20-7-6-11(14)13(18)15-9-2-4-10(5-3-9)19-8-12(16)17/h2-5,11H,6-8,14H2,1H3,(H,15,18)(H,16,17)/t11-/m1/s1. The van der Waals surface area contributed by atoms with Crippen molar-refractivity contribution >= 4 is 29.3 Å². The number of ether oxygens (including phenoxy) is 1. The van der Waals surface area contributed by atoms with Crippen LogP contribution in [0, 0.1) is 0 Å². The van der Waals surface area contributed by atoms with Crippen LogP contribution in [0.4, 0.5) is 5.69 Å². The highest BCUT2D eigenvalue weighted by molar-refractivity contribution is 7.98. The number of thioether (sulfide) groups is 1. The van der Waals surface area contributed by atoms with Gasteiger partial charge >= 0.3 is 5.97 Å². The van der Waals surface area contributed by atoms with Crippen molar-refractivity contribution in [3.8, 4) is 5.75 Å². The minimum Gasteiger partial charge on any atom is -0.482 e. The van der Waals surface area contributed by atoms with E-state index in [1.807, 2.05) is 6.26 Å². The lowest BCUT2D eigenvalue weighted by atomic mass is 10.2. The molecule has 1 aromatic rings.